The fraction of sp³-hybridized carbons (Fsp3) is 0.333. The number of hydrogen-bond acceptors (Lipinski definition) is 7. The SMILES string of the molecule is CC(C)(C)N(CCc1ccc(N(NC(=O)CCCc2ccc(-c3ccccc3)c(NC(=O)O)c2)C(=O)O)cc1)C[C@H](O[Si](C)(C)C(C)(C)C)c1ccc(OCc2ccccc2)c2[nH]c(=O)ccc12. The number of hydrazine groups is 1. The molecule has 6 aromatic rings. The molecular formula is C54H65N5O8Si. The Labute approximate surface area is 400 Å². The minimum Gasteiger partial charge on any atom is -0.487 e. The first-order chi connectivity index (χ1) is 32.2. The molecule has 1 atom stereocenters. The van der Waals surface area contributed by atoms with Crippen molar-refractivity contribution in [1.29, 1.82) is 0 Å². The molecule has 0 saturated heterocycles. The van der Waals surface area contributed by atoms with Gasteiger partial charge in [0.2, 0.25) is 11.5 Å². The molecule has 358 valence electrons. The van der Waals surface area contributed by atoms with Crippen molar-refractivity contribution < 1.29 is 33.8 Å². The quantitative estimate of drug-likeness (QED) is 0.0415. The van der Waals surface area contributed by atoms with Crippen molar-refractivity contribution in [3.63, 3.8) is 0 Å². The zero-order valence-electron chi connectivity index (χ0n) is 40.4. The first kappa shape index (κ1) is 50.7. The van der Waals surface area contributed by atoms with Crippen LogP contribution in [0.4, 0.5) is 21.0 Å². The molecule has 1 heterocycles. The van der Waals surface area contributed by atoms with Gasteiger partial charge in [0.15, 0.2) is 8.32 Å². The lowest BCUT2D eigenvalue weighted by Gasteiger charge is -2.43. The van der Waals surface area contributed by atoms with Gasteiger partial charge >= 0.3 is 12.2 Å². The number of benzene rings is 5. The van der Waals surface area contributed by atoms with E-state index >= 15 is 0 Å². The summed E-state index contributed by atoms with van der Waals surface area (Å²) < 4.78 is 13.6. The lowest BCUT2D eigenvalue weighted by Crippen LogP contribution is -2.48. The topological polar surface area (TPSA) is 174 Å². The number of carbonyl (C=O) groups is 3. The third kappa shape index (κ3) is 13.5. The second-order valence-electron chi connectivity index (χ2n) is 19.6. The third-order valence-electron chi connectivity index (χ3n) is 12.6. The predicted octanol–water partition coefficient (Wildman–Crippen LogP) is 11.8. The van der Waals surface area contributed by atoms with Crippen LogP contribution in [0.25, 0.3) is 22.0 Å². The maximum absolute atomic E-state index is 13.1. The maximum atomic E-state index is 13.1. The minimum atomic E-state index is -2.35. The predicted molar refractivity (Wildman–Crippen MR) is 273 cm³/mol. The molecule has 0 unspecified atom stereocenters. The van der Waals surface area contributed by atoms with Gasteiger partial charge in [0, 0.05) is 42.1 Å². The summed E-state index contributed by atoms with van der Waals surface area (Å²) in [4.78, 5) is 55.3. The van der Waals surface area contributed by atoms with Crippen molar-refractivity contribution >= 4 is 48.7 Å². The molecule has 5 N–H and O–H groups in total. The Balaban J connectivity index is 1.14. The molecule has 0 saturated carbocycles. The van der Waals surface area contributed by atoms with Crippen LogP contribution in [0.5, 0.6) is 5.75 Å². The average molecular weight is 940 g/mol. The van der Waals surface area contributed by atoms with Crippen molar-refractivity contribution in [3.8, 4) is 16.9 Å². The number of carbonyl (C=O) groups excluding carboxylic acids is 1. The smallest absolute Gasteiger partial charge is 0.431 e. The molecule has 13 nitrogen and oxygen atoms in total. The zero-order valence-corrected chi connectivity index (χ0v) is 41.4. The summed E-state index contributed by atoms with van der Waals surface area (Å²) in [5, 5.41) is 23.7. The van der Waals surface area contributed by atoms with Gasteiger partial charge in [-0.25, -0.2) is 9.59 Å². The van der Waals surface area contributed by atoms with Crippen LogP contribution in [-0.2, 0) is 28.7 Å². The number of hydrogen-bond donors (Lipinski definition) is 5. The summed E-state index contributed by atoms with van der Waals surface area (Å²) in [6.07, 6.45) is -1.28. The van der Waals surface area contributed by atoms with Crippen molar-refractivity contribution in [2.45, 2.75) is 104 Å². The number of nitrogens with zero attached hydrogens (tertiary/aromatic N) is 2. The average Bonchev–Trinajstić information content (AvgIpc) is 3.28. The van der Waals surface area contributed by atoms with Gasteiger partial charge in [-0.2, -0.15) is 5.01 Å². The summed E-state index contributed by atoms with van der Waals surface area (Å²) in [5.74, 6) is 0.118. The second kappa shape index (κ2) is 21.9. The Morgan fingerprint density at radius 3 is 2.06 bits per heavy atom. The highest BCUT2D eigenvalue weighted by Crippen LogP contribution is 2.42. The third-order valence-corrected chi connectivity index (χ3v) is 17.1. The lowest BCUT2D eigenvalue weighted by atomic mass is 9.98. The highest BCUT2D eigenvalue weighted by atomic mass is 28.4. The fourth-order valence-corrected chi connectivity index (χ4v) is 9.05. The number of fused-ring (bicyclic) bond motifs is 1. The second-order valence-corrected chi connectivity index (χ2v) is 24.4. The Hall–Kier alpha value is -6.74. The van der Waals surface area contributed by atoms with E-state index in [1.807, 2.05) is 97.1 Å². The van der Waals surface area contributed by atoms with E-state index in [0.717, 1.165) is 43.8 Å². The maximum Gasteiger partial charge on any atom is 0.431 e. The number of amides is 3. The highest BCUT2D eigenvalue weighted by Gasteiger charge is 2.41. The number of pyridine rings is 1. The minimum absolute atomic E-state index is 0.0483. The summed E-state index contributed by atoms with van der Waals surface area (Å²) in [6, 6.07) is 39.4. The molecule has 0 spiro atoms. The summed E-state index contributed by atoms with van der Waals surface area (Å²) in [6.45, 7) is 19.3. The van der Waals surface area contributed by atoms with Crippen LogP contribution in [0.15, 0.2) is 132 Å². The van der Waals surface area contributed by atoms with E-state index in [1.165, 1.54) is 0 Å². The monoisotopic (exact) mass is 939 g/mol. The van der Waals surface area contributed by atoms with Crippen LogP contribution < -0.4 is 26.0 Å². The van der Waals surface area contributed by atoms with E-state index in [-0.39, 0.29) is 28.7 Å². The van der Waals surface area contributed by atoms with Crippen LogP contribution in [0.1, 0.15) is 82.7 Å². The molecular weight excluding hydrogens is 875 g/mol. The van der Waals surface area contributed by atoms with Crippen LogP contribution in [-0.4, -0.2) is 65.1 Å². The van der Waals surface area contributed by atoms with E-state index in [0.29, 0.717) is 61.6 Å². The van der Waals surface area contributed by atoms with Gasteiger partial charge in [0.05, 0.1) is 23.0 Å². The summed E-state index contributed by atoms with van der Waals surface area (Å²) in [5.41, 5.74) is 8.81. The van der Waals surface area contributed by atoms with Crippen LogP contribution >= 0.6 is 0 Å². The van der Waals surface area contributed by atoms with Gasteiger partial charge in [-0.05, 0) is 116 Å². The number of anilines is 2. The van der Waals surface area contributed by atoms with Gasteiger partial charge in [-0.15, -0.1) is 0 Å². The van der Waals surface area contributed by atoms with E-state index < -0.39 is 26.4 Å². The molecule has 0 aliphatic carbocycles. The number of aryl methyl sites for hydroxylation is 1. The standard InChI is InChI=1S/C54H65N5O8Si/c1-53(2,3)58(35-47(67-68(7,8)54(4,5)6)43-28-30-46(50-44(43)29-31-48(60)56-50)66-36-39-16-11-9-12-17-39)33-32-37-22-25-41(26-23-37)59(52(64)65)57-49(61)21-15-18-38-24-27-42(40-19-13-10-14-20-40)45(34-38)55-51(62)63/h9-14,16-17,19-20,22-31,34,47,55H,15,18,21,32-33,35-36H2,1-8H3,(H,56,60)(H,57,61)(H,62,63)(H,64,65)/t47-/m0/s1. The lowest BCUT2D eigenvalue weighted by molar-refractivity contribution is -0.121. The van der Waals surface area contributed by atoms with Crippen molar-refractivity contribution in [2.75, 3.05) is 23.4 Å². The number of ether oxygens (including phenoxy) is 1. The van der Waals surface area contributed by atoms with Gasteiger partial charge in [0.25, 0.3) is 0 Å². The van der Waals surface area contributed by atoms with E-state index in [2.05, 4.69) is 81.3 Å². The summed E-state index contributed by atoms with van der Waals surface area (Å²) >= 11 is 0. The molecule has 5 aromatic carbocycles. The largest absolute Gasteiger partial charge is 0.487 e. The van der Waals surface area contributed by atoms with Gasteiger partial charge in [-0.3, -0.25) is 25.2 Å². The molecule has 0 radical (unpaired) electrons. The van der Waals surface area contributed by atoms with Gasteiger partial charge in [0.1, 0.15) is 12.4 Å². The normalized spacial score (nSPS) is 12.4. The number of aromatic nitrogens is 1. The van der Waals surface area contributed by atoms with Gasteiger partial charge in [-0.1, -0.05) is 112 Å². The number of rotatable bonds is 18. The number of nitrogens with one attached hydrogen (secondary N) is 3. The van der Waals surface area contributed by atoms with Crippen LogP contribution in [0.3, 0.4) is 0 Å². The number of carboxylic acid groups (broad SMARTS) is 2. The Morgan fingerprint density at radius 1 is 0.765 bits per heavy atom. The first-order valence-corrected chi connectivity index (χ1v) is 25.9. The molecule has 0 bridgehead atoms. The molecule has 0 aliphatic rings. The van der Waals surface area contributed by atoms with Gasteiger partial charge < -0.3 is 24.4 Å². The molecule has 68 heavy (non-hydrogen) atoms. The zero-order chi connectivity index (χ0) is 49.2. The molecule has 6 rings (SSSR count). The Morgan fingerprint density at radius 2 is 1.43 bits per heavy atom. The van der Waals surface area contributed by atoms with E-state index in [9.17, 15) is 29.4 Å². The Bertz CT molecular complexity index is 2730. The molecule has 14 heteroatoms. The first-order valence-electron chi connectivity index (χ1n) is 23.0. The highest BCUT2D eigenvalue weighted by molar-refractivity contribution is 6.74. The summed E-state index contributed by atoms with van der Waals surface area (Å²) in [7, 11) is -2.35. The fourth-order valence-electron chi connectivity index (χ4n) is 7.78. The van der Waals surface area contributed by atoms with Crippen molar-refractivity contribution in [3.05, 3.63) is 160 Å². The van der Waals surface area contributed by atoms with Crippen molar-refractivity contribution in [2.24, 2.45) is 0 Å². The Kier molecular flexibility index (Phi) is 16.3. The van der Waals surface area contributed by atoms with Crippen LogP contribution in [0, 0.1) is 0 Å². The van der Waals surface area contributed by atoms with Crippen molar-refractivity contribution in [1.82, 2.24) is 15.3 Å². The molecule has 0 aliphatic heterocycles. The molecule has 0 fully saturated rings. The van der Waals surface area contributed by atoms with Crippen LogP contribution in [0.2, 0.25) is 18.1 Å². The molecule has 1 aromatic heterocycles. The number of aromatic amines is 1. The van der Waals surface area contributed by atoms with E-state index in [1.54, 1.807) is 24.3 Å². The molecule has 3 amide bonds. The van der Waals surface area contributed by atoms with E-state index in [4.69, 9.17) is 9.16 Å². The number of H-pyrrole nitrogens is 1.